The monoisotopic (exact) mass is 467 g/mol. The van der Waals surface area contributed by atoms with Crippen LogP contribution in [-0.4, -0.2) is 8.42 Å². The summed E-state index contributed by atoms with van der Waals surface area (Å²) in [6, 6.07) is 12.0. The third kappa shape index (κ3) is 3.81. The number of benzene rings is 2. The molecule has 0 atom stereocenters. The zero-order chi connectivity index (χ0) is 14.0. The zero-order valence-electron chi connectivity index (χ0n) is 9.40. The number of anilines is 1. The maximum absolute atomic E-state index is 12.3. The van der Waals surface area contributed by atoms with Crippen molar-refractivity contribution < 1.29 is 8.42 Å². The van der Waals surface area contributed by atoms with E-state index in [4.69, 9.17) is 0 Å². The molecule has 0 fully saturated rings. The Bertz CT molecular complexity index is 717. The molecular formula is C12H8Br3NO2S. The number of hydrogen-bond donors (Lipinski definition) is 1. The van der Waals surface area contributed by atoms with E-state index < -0.39 is 10.0 Å². The van der Waals surface area contributed by atoms with Crippen LogP contribution < -0.4 is 4.72 Å². The van der Waals surface area contributed by atoms with Gasteiger partial charge in [-0.15, -0.1) is 0 Å². The Morgan fingerprint density at radius 2 is 1.58 bits per heavy atom. The Kier molecular flexibility index (Phi) is 4.70. The normalized spacial score (nSPS) is 11.3. The fraction of sp³-hybridized carbons (Fsp3) is 0. The van der Waals surface area contributed by atoms with Crippen LogP contribution in [0.3, 0.4) is 0 Å². The second kappa shape index (κ2) is 5.95. The minimum atomic E-state index is -3.63. The van der Waals surface area contributed by atoms with Gasteiger partial charge in [0.05, 0.1) is 0 Å². The standard InChI is InChI=1S/C12H8Br3NO2S/c13-8-2-1-3-10(6-8)16-19(17,18)12-7-9(14)4-5-11(12)15/h1-7,16H. The summed E-state index contributed by atoms with van der Waals surface area (Å²) in [5, 5.41) is 0. The van der Waals surface area contributed by atoms with Crippen LogP contribution in [0.25, 0.3) is 0 Å². The van der Waals surface area contributed by atoms with E-state index in [9.17, 15) is 8.42 Å². The molecule has 2 aromatic rings. The van der Waals surface area contributed by atoms with E-state index in [1.807, 2.05) is 6.07 Å². The molecule has 2 aromatic carbocycles. The van der Waals surface area contributed by atoms with Gasteiger partial charge in [0.2, 0.25) is 0 Å². The molecule has 0 radical (unpaired) electrons. The maximum atomic E-state index is 12.3. The van der Waals surface area contributed by atoms with Crippen LogP contribution in [-0.2, 0) is 10.0 Å². The van der Waals surface area contributed by atoms with Gasteiger partial charge in [0.1, 0.15) is 4.90 Å². The molecule has 19 heavy (non-hydrogen) atoms. The predicted octanol–water partition coefficient (Wildman–Crippen LogP) is 4.77. The molecule has 7 heteroatoms. The van der Waals surface area contributed by atoms with E-state index in [2.05, 4.69) is 52.5 Å². The van der Waals surface area contributed by atoms with E-state index in [0.29, 0.717) is 14.6 Å². The minimum Gasteiger partial charge on any atom is -0.280 e. The summed E-state index contributed by atoms with van der Waals surface area (Å²) >= 11 is 9.81. The van der Waals surface area contributed by atoms with Gasteiger partial charge in [0.25, 0.3) is 10.0 Å². The average molecular weight is 470 g/mol. The number of hydrogen-bond acceptors (Lipinski definition) is 2. The van der Waals surface area contributed by atoms with Gasteiger partial charge in [-0.05, 0) is 52.3 Å². The molecule has 0 aliphatic carbocycles. The Morgan fingerprint density at radius 3 is 2.26 bits per heavy atom. The molecular weight excluding hydrogens is 462 g/mol. The van der Waals surface area contributed by atoms with Crippen molar-refractivity contribution in [1.82, 2.24) is 0 Å². The van der Waals surface area contributed by atoms with E-state index in [0.717, 1.165) is 4.47 Å². The van der Waals surface area contributed by atoms with E-state index in [1.54, 1.807) is 36.4 Å². The summed E-state index contributed by atoms with van der Waals surface area (Å²) in [4.78, 5) is 0.182. The maximum Gasteiger partial charge on any atom is 0.263 e. The Balaban J connectivity index is 2.40. The summed E-state index contributed by atoms with van der Waals surface area (Å²) in [7, 11) is -3.63. The largest absolute Gasteiger partial charge is 0.280 e. The van der Waals surface area contributed by atoms with Crippen molar-refractivity contribution in [1.29, 1.82) is 0 Å². The van der Waals surface area contributed by atoms with Gasteiger partial charge in [-0.1, -0.05) is 37.9 Å². The SMILES string of the molecule is O=S(=O)(Nc1cccc(Br)c1)c1cc(Br)ccc1Br. The van der Waals surface area contributed by atoms with Crippen molar-refractivity contribution >= 4 is 63.5 Å². The van der Waals surface area contributed by atoms with Gasteiger partial charge >= 0.3 is 0 Å². The third-order valence-electron chi connectivity index (χ3n) is 2.26. The highest BCUT2D eigenvalue weighted by atomic mass is 79.9. The predicted molar refractivity (Wildman–Crippen MR) is 86.8 cm³/mol. The summed E-state index contributed by atoms with van der Waals surface area (Å²) < 4.78 is 29.2. The average Bonchev–Trinajstić information content (AvgIpc) is 2.31. The molecule has 0 saturated carbocycles. The van der Waals surface area contributed by atoms with E-state index >= 15 is 0 Å². The molecule has 0 spiro atoms. The molecule has 0 amide bonds. The number of sulfonamides is 1. The molecule has 100 valence electrons. The molecule has 2 rings (SSSR count). The first-order valence-electron chi connectivity index (χ1n) is 5.12. The fourth-order valence-electron chi connectivity index (χ4n) is 1.45. The first kappa shape index (κ1) is 15.0. The van der Waals surface area contributed by atoms with Crippen molar-refractivity contribution in [3.63, 3.8) is 0 Å². The van der Waals surface area contributed by atoms with Crippen LogP contribution in [0.5, 0.6) is 0 Å². The summed E-state index contributed by atoms with van der Waals surface area (Å²) in [6.07, 6.45) is 0. The van der Waals surface area contributed by atoms with Gasteiger partial charge in [-0.25, -0.2) is 8.42 Å². The van der Waals surface area contributed by atoms with Gasteiger partial charge in [-0.2, -0.15) is 0 Å². The van der Waals surface area contributed by atoms with Crippen molar-refractivity contribution in [2.45, 2.75) is 4.90 Å². The zero-order valence-corrected chi connectivity index (χ0v) is 15.0. The van der Waals surface area contributed by atoms with E-state index in [1.165, 1.54) is 0 Å². The molecule has 0 bridgehead atoms. The summed E-state index contributed by atoms with van der Waals surface area (Å²) in [5.74, 6) is 0. The smallest absolute Gasteiger partial charge is 0.263 e. The van der Waals surface area contributed by atoms with Crippen molar-refractivity contribution in [2.24, 2.45) is 0 Å². The summed E-state index contributed by atoms with van der Waals surface area (Å²) in [5.41, 5.74) is 0.501. The molecule has 0 aliphatic rings. The Hall–Kier alpha value is -0.370. The molecule has 0 heterocycles. The Morgan fingerprint density at radius 1 is 0.895 bits per heavy atom. The lowest BCUT2D eigenvalue weighted by Gasteiger charge is -2.10. The van der Waals surface area contributed by atoms with E-state index in [-0.39, 0.29) is 4.90 Å². The van der Waals surface area contributed by atoms with Crippen molar-refractivity contribution in [3.05, 3.63) is 55.9 Å². The molecule has 3 nitrogen and oxygen atoms in total. The lowest BCUT2D eigenvalue weighted by Crippen LogP contribution is -2.13. The number of rotatable bonds is 3. The van der Waals surface area contributed by atoms with Crippen LogP contribution in [0.2, 0.25) is 0 Å². The van der Waals surface area contributed by atoms with Gasteiger partial charge in [0, 0.05) is 19.1 Å². The Labute approximate surface area is 136 Å². The lowest BCUT2D eigenvalue weighted by atomic mass is 10.3. The van der Waals surface area contributed by atoms with Gasteiger partial charge in [-0.3, -0.25) is 4.72 Å². The lowest BCUT2D eigenvalue weighted by molar-refractivity contribution is 0.600. The number of nitrogens with one attached hydrogen (secondary N) is 1. The van der Waals surface area contributed by atoms with Crippen LogP contribution in [0, 0.1) is 0 Å². The molecule has 0 saturated heterocycles. The molecule has 0 aromatic heterocycles. The van der Waals surface area contributed by atoms with Gasteiger partial charge < -0.3 is 0 Å². The number of halogens is 3. The van der Waals surface area contributed by atoms with Crippen LogP contribution in [0.1, 0.15) is 0 Å². The fourth-order valence-corrected chi connectivity index (χ4v) is 4.40. The second-order valence-corrected chi connectivity index (χ2v) is 8.03. The highest BCUT2D eigenvalue weighted by Crippen LogP contribution is 2.27. The third-order valence-corrected chi connectivity index (χ3v) is 5.62. The highest BCUT2D eigenvalue weighted by molar-refractivity contribution is 9.11. The molecule has 0 unspecified atom stereocenters. The van der Waals surface area contributed by atoms with Crippen LogP contribution in [0.15, 0.2) is 60.8 Å². The first-order valence-corrected chi connectivity index (χ1v) is 8.98. The minimum absolute atomic E-state index is 0.182. The quantitative estimate of drug-likeness (QED) is 0.703. The first-order chi connectivity index (χ1) is 8.88. The topological polar surface area (TPSA) is 46.2 Å². The van der Waals surface area contributed by atoms with Crippen LogP contribution >= 0.6 is 47.8 Å². The van der Waals surface area contributed by atoms with Crippen LogP contribution in [0.4, 0.5) is 5.69 Å². The van der Waals surface area contributed by atoms with Crippen molar-refractivity contribution in [3.8, 4) is 0 Å². The van der Waals surface area contributed by atoms with Gasteiger partial charge in [0.15, 0.2) is 0 Å². The highest BCUT2D eigenvalue weighted by Gasteiger charge is 2.18. The van der Waals surface area contributed by atoms with Crippen molar-refractivity contribution in [2.75, 3.05) is 4.72 Å². The molecule has 0 aliphatic heterocycles. The molecule has 1 N–H and O–H groups in total. The summed E-state index contributed by atoms with van der Waals surface area (Å²) in [6.45, 7) is 0. The second-order valence-electron chi connectivity index (χ2n) is 3.69.